The van der Waals surface area contributed by atoms with Crippen molar-refractivity contribution in [3.05, 3.63) is 23.5 Å². The van der Waals surface area contributed by atoms with Gasteiger partial charge in [-0.1, -0.05) is 0 Å². The van der Waals surface area contributed by atoms with Crippen molar-refractivity contribution < 1.29 is 18.3 Å². The number of carbonyl (C=O) groups is 1. The summed E-state index contributed by atoms with van der Waals surface area (Å²) >= 11 is 0. The Morgan fingerprint density at radius 1 is 1.38 bits per heavy atom. The molecule has 0 radical (unpaired) electrons. The normalized spacial score (nSPS) is 11.4. The summed E-state index contributed by atoms with van der Waals surface area (Å²) in [6, 6.07) is 3.55. The molecule has 0 atom stereocenters. The molecule has 1 aromatic rings. The Kier molecular flexibility index (Phi) is 3.58. The summed E-state index contributed by atoms with van der Waals surface area (Å²) in [6.45, 7) is 3.51. The average Bonchev–Trinajstić information content (AvgIpc) is 2.46. The van der Waals surface area contributed by atoms with Crippen molar-refractivity contribution in [2.24, 2.45) is 0 Å². The van der Waals surface area contributed by atoms with Crippen LogP contribution in [0.25, 0.3) is 0 Å². The first kappa shape index (κ1) is 12.6. The van der Waals surface area contributed by atoms with Crippen molar-refractivity contribution in [2.45, 2.75) is 20.3 Å². The molecule has 0 saturated carbocycles. The molecule has 0 aromatic carbocycles. The molecule has 0 unspecified atom stereocenters. The third-order valence-electron chi connectivity index (χ3n) is 2.09. The van der Waals surface area contributed by atoms with Crippen LogP contribution in [0.5, 0.6) is 0 Å². The summed E-state index contributed by atoms with van der Waals surface area (Å²) in [7, 11) is -3.61. The molecule has 16 heavy (non-hydrogen) atoms. The Morgan fingerprint density at radius 2 is 1.88 bits per heavy atom. The van der Waals surface area contributed by atoms with Crippen molar-refractivity contribution in [2.75, 3.05) is 10.6 Å². The smallest absolute Gasteiger partial charge is 0.304 e. The lowest BCUT2D eigenvalue weighted by atomic mass is 10.5. The summed E-state index contributed by atoms with van der Waals surface area (Å²) < 4.78 is 24.4. The number of aryl methyl sites for hydroxylation is 2. The largest absolute Gasteiger partial charge is 0.481 e. The Morgan fingerprint density at radius 3 is 2.31 bits per heavy atom. The van der Waals surface area contributed by atoms with Crippen LogP contribution in [0, 0.1) is 13.8 Å². The van der Waals surface area contributed by atoms with E-state index >= 15 is 0 Å². The number of aliphatic carboxylic acids is 1. The van der Waals surface area contributed by atoms with Crippen molar-refractivity contribution in [3.8, 4) is 0 Å². The van der Waals surface area contributed by atoms with Crippen LogP contribution in [0.2, 0.25) is 0 Å². The maximum atomic E-state index is 11.5. The van der Waals surface area contributed by atoms with E-state index in [0.29, 0.717) is 0 Å². The molecule has 0 amide bonds. The van der Waals surface area contributed by atoms with Gasteiger partial charge in [0.2, 0.25) is 10.0 Å². The summed E-state index contributed by atoms with van der Waals surface area (Å²) in [6.07, 6.45) is -0.408. The molecule has 0 aliphatic heterocycles. The average molecular weight is 246 g/mol. The monoisotopic (exact) mass is 246 g/mol. The Balaban J connectivity index is 2.77. The number of nitrogens with one attached hydrogen (secondary N) is 1. The maximum Gasteiger partial charge on any atom is 0.304 e. The highest BCUT2D eigenvalue weighted by Crippen LogP contribution is 2.06. The molecule has 0 aliphatic carbocycles. The molecule has 7 heteroatoms. The second kappa shape index (κ2) is 4.56. The van der Waals surface area contributed by atoms with Crippen LogP contribution >= 0.6 is 0 Å². The van der Waals surface area contributed by atoms with Crippen LogP contribution in [-0.4, -0.2) is 29.9 Å². The van der Waals surface area contributed by atoms with E-state index in [9.17, 15) is 13.2 Å². The number of carboxylic acids is 1. The minimum Gasteiger partial charge on any atom is -0.481 e. The van der Waals surface area contributed by atoms with Gasteiger partial charge < -0.3 is 5.11 Å². The SMILES string of the molecule is Cc1ccc(C)n1NS(=O)(=O)CCC(=O)O. The van der Waals surface area contributed by atoms with E-state index in [1.165, 1.54) is 4.68 Å². The second-order valence-electron chi connectivity index (χ2n) is 3.51. The van der Waals surface area contributed by atoms with Gasteiger partial charge in [0, 0.05) is 11.4 Å². The number of aromatic nitrogens is 1. The zero-order chi connectivity index (χ0) is 12.3. The minimum atomic E-state index is -3.61. The molecule has 0 aliphatic rings. The summed E-state index contributed by atoms with van der Waals surface area (Å²) in [4.78, 5) is 12.6. The number of rotatable bonds is 5. The highest BCUT2D eigenvalue weighted by atomic mass is 32.2. The molecular weight excluding hydrogens is 232 g/mol. The molecule has 0 spiro atoms. The number of nitrogens with zero attached hydrogens (tertiary/aromatic N) is 1. The van der Waals surface area contributed by atoms with Gasteiger partial charge in [0.1, 0.15) is 0 Å². The van der Waals surface area contributed by atoms with Gasteiger partial charge in [-0.2, -0.15) is 0 Å². The number of sulfonamides is 1. The van der Waals surface area contributed by atoms with E-state index in [1.54, 1.807) is 26.0 Å². The Hall–Kier alpha value is -1.50. The molecule has 1 rings (SSSR count). The lowest BCUT2D eigenvalue weighted by Crippen LogP contribution is -2.28. The Labute approximate surface area is 93.9 Å². The van der Waals surface area contributed by atoms with Gasteiger partial charge in [-0.25, -0.2) is 13.2 Å². The summed E-state index contributed by atoms with van der Waals surface area (Å²) in [5.74, 6) is -1.56. The van der Waals surface area contributed by atoms with Gasteiger partial charge in [0.25, 0.3) is 0 Å². The van der Waals surface area contributed by atoms with Gasteiger partial charge in [-0.15, -0.1) is 0 Å². The number of hydrogen-bond donors (Lipinski definition) is 2. The van der Waals surface area contributed by atoms with Crippen molar-refractivity contribution in [1.82, 2.24) is 4.68 Å². The zero-order valence-corrected chi connectivity index (χ0v) is 9.91. The van der Waals surface area contributed by atoms with E-state index < -0.39 is 28.2 Å². The van der Waals surface area contributed by atoms with Gasteiger partial charge >= 0.3 is 5.97 Å². The maximum absolute atomic E-state index is 11.5. The van der Waals surface area contributed by atoms with Crippen molar-refractivity contribution >= 4 is 16.0 Å². The van der Waals surface area contributed by atoms with Crippen LogP contribution in [0.4, 0.5) is 0 Å². The van der Waals surface area contributed by atoms with E-state index in [2.05, 4.69) is 4.83 Å². The fourth-order valence-electron chi connectivity index (χ4n) is 1.22. The van der Waals surface area contributed by atoms with Crippen LogP contribution in [0.15, 0.2) is 12.1 Å². The van der Waals surface area contributed by atoms with Crippen molar-refractivity contribution in [1.29, 1.82) is 0 Å². The molecule has 1 aromatic heterocycles. The van der Waals surface area contributed by atoms with E-state index in [0.717, 1.165) is 11.4 Å². The first-order valence-electron chi connectivity index (χ1n) is 4.69. The fraction of sp³-hybridized carbons (Fsp3) is 0.444. The third-order valence-corrected chi connectivity index (χ3v) is 3.29. The molecule has 6 nitrogen and oxygen atoms in total. The lowest BCUT2D eigenvalue weighted by Gasteiger charge is -2.12. The standard InChI is InChI=1S/C9H14N2O4S/c1-7-3-4-8(2)11(7)10-16(14,15)6-5-9(12)13/h3-4,10H,5-6H2,1-2H3,(H,12,13). The number of carboxylic acid groups (broad SMARTS) is 1. The van der Waals surface area contributed by atoms with Gasteiger partial charge in [-0.3, -0.25) is 9.47 Å². The first-order chi connectivity index (χ1) is 7.32. The Bertz CT molecular complexity index is 470. The van der Waals surface area contributed by atoms with Gasteiger partial charge in [-0.05, 0) is 26.0 Å². The highest BCUT2D eigenvalue weighted by Gasteiger charge is 2.14. The molecule has 1 heterocycles. The molecule has 90 valence electrons. The lowest BCUT2D eigenvalue weighted by molar-refractivity contribution is -0.136. The topological polar surface area (TPSA) is 88.4 Å². The van der Waals surface area contributed by atoms with E-state index in [4.69, 9.17) is 5.11 Å². The highest BCUT2D eigenvalue weighted by molar-refractivity contribution is 7.92. The summed E-state index contributed by atoms with van der Waals surface area (Å²) in [5, 5.41) is 8.41. The minimum absolute atomic E-state index is 0.408. The quantitative estimate of drug-likeness (QED) is 0.789. The number of hydrogen-bond acceptors (Lipinski definition) is 3. The molecule has 0 fully saturated rings. The van der Waals surface area contributed by atoms with Crippen LogP contribution in [-0.2, 0) is 14.8 Å². The summed E-state index contributed by atoms with van der Waals surface area (Å²) in [5.41, 5.74) is 1.49. The van der Waals surface area contributed by atoms with Crippen molar-refractivity contribution in [3.63, 3.8) is 0 Å². The molecular formula is C9H14N2O4S. The second-order valence-corrected chi connectivity index (χ2v) is 5.33. The zero-order valence-electron chi connectivity index (χ0n) is 9.10. The molecule has 0 saturated heterocycles. The van der Waals surface area contributed by atoms with Gasteiger partial charge in [0.15, 0.2) is 0 Å². The van der Waals surface area contributed by atoms with Gasteiger partial charge in [0.05, 0.1) is 12.2 Å². The van der Waals surface area contributed by atoms with Crippen LogP contribution < -0.4 is 4.83 Å². The van der Waals surface area contributed by atoms with E-state index in [1.807, 2.05) is 0 Å². The van der Waals surface area contributed by atoms with E-state index in [-0.39, 0.29) is 0 Å². The first-order valence-corrected chi connectivity index (χ1v) is 6.34. The predicted octanol–water partition coefficient (Wildman–Crippen LogP) is 0.453. The molecule has 2 N–H and O–H groups in total. The predicted molar refractivity (Wildman–Crippen MR) is 59.3 cm³/mol. The fourth-order valence-corrected chi connectivity index (χ4v) is 2.32. The van der Waals surface area contributed by atoms with Crippen LogP contribution in [0.3, 0.4) is 0 Å². The molecule has 0 bridgehead atoms. The third kappa shape index (κ3) is 3.27. The van der Waals surface area contributed by atoms with Crippen LogP contribution in [0.1, 0.15) is 17.8 Å².